The fourth-order valence-electron chi connectivity index (χ4n) is 2.92. The van der Waals surface area contributed by atoms with Crippen molar-refractivity contribution < 1.29 is 18.3 Å². The largest absolute Gasteiger partial charge is 0.387 e. The van der Waals surface area contributed by atoms with Gasteiger partial charge in [0.2, 0.25) is 5.95 Å². The zero-order valence-corrected chi connectivity index (χ0v) is 16.3. The maximum atomic E-state index is 13.4. The van der Waals surface area contributed by atoms with Gasteiger partial charge in [-0.2, -0.15) is 10.4 Å². The first-order valence-corrected chi connectivity index (χ1v) is 8.98. The van der Waals surface area contributed by atoms with Crippen LogP contribution in [0, 0.1) is 24.1 Å². The van der Waals surface area contributed by atoms with E-state index in [1.54, 1.807) is 36.1 Å². The maximum absolute atomic E-state index is 13.4. The molecule has 0 amide bonds. The van der Waals surface area contributed by atoms with Gasteiger partial charge in [-0.05, 0) is 37.1 Å². The van der Waals surface area contributed by atoms with E-state index in [9.17, 15) is 18.3 Å². The standard InChI is InChI=1S/C20H19F3N6O/c1-12-5-13(14-8-26-29(10-14)11-20(2,30)3-4-24)7-15(6-12)27-19-25-9-16(21)17(28-19)18(22)23/h5-10,18,30H,3,11H2,1-2H3,(H,25,27,28)/t20-/m0/s1. The summed E-state index contributed by atoms with van der Waals surface area (Å²) in [5.74, 6) is -1.31. The van der Waals surface area contributed by atoms with Crippen LogP contribution >= 0.6 is 0 Å². The topological polar surface area (TPSA) is 99.7 Å². The molecule has 2 aromatic heterocycles. The molecule has 1 aromatic carbocycles. The highest BCUT2D eigenvalue weighted by atomic mass is 19.3. The zero-order valence-electron chi connectivity index (χ0n) is 16.3. The van der Waals surface area contributed by atoms with Gasteiger partial charge in [-0.15, -0.1) is 0 Å². The van der Waals surface area contributed by atoms with Crippen LogP contribution < -0.4 is 5.32 Å². The van der Waals surface area contributed by atoms with E-state index in [1.165, 1.54) is 0 Å². The molecule has 3 rings (SSSR count). The molecule has 3 aromatic rings. The number of alkyl halides is 2. The van der Waals surface area contributed by atoms with Gasteiger partial charge in [0.25, 0.3) is 6.43 Å². The molecule has 0 aliphatic rings. The van der Waals surface area contributed by atoms with Gasteiger partial charge in [0.15, 0.2) is 5.82 Å². The van der Waals surface area contributed by atoms with Gasteiger partial charge in [0.05, 0.1) is 37.0 Å². The summed E-state index contributed by atoms with van der Waals surface area (Å²) < 4.78 is 40.7. The van der Waals surface area contributed by atoms with Crippen LogP contribution in [-0.4, -0.2) is 30.5 Å². The average Bonchev–Trinajstić information content (AvgIpc) is 3.10. The Morgan fingerprint density at radius 3 is 2.73 bits per heavy atom. The molecule has 2 N–H and O–H groups in total. The van der Waals surface area contributed by atoms with Crippen molar-refractivity contribution in [3.63, 3.8) is 0 Å². The average molecular weight is 416 g/mol. The van der Waals surface area contributed by atoms with Crippen LogP contribution in [-0.2, 0) is 6.54 Å². The number of hydrogen-bond acceptors (Lipinski definition) is 6. The van der Waals surface area contributed by atoms with Gasteiger partial charge < -0.3 is 10.4 Å². The minimum absolute atomic E-state index is 0.0288. The molecule has 0 saturated heterocycles. The fourth-order valence-corrected chi connectivity index (χ4v) is 2.92. The first kappa shape index (κ1) is 21.3. The predicted molar refractivity (Wildman–Crippen MR) is 103 cm³/mol. The molecular formula is C20H19F3N6O. The van der Waals surface area contributed by atoms with Gasteiger partial charge in [0, 0.05) is 17.4 Å². The normalized spacial score (nSPS) is 13.1. The lowest BCUT2D eigenvalue weighted by Gasteiger charge is -2.19. The third-order valence-electron chi connectivity index (χ3n) is 4.24. The summed E-state index contributed by atoms with van der Waals surface area (Å²) in [5.41, 5.74) is 0.755. The van der Waals surface area contributed by atoms with Crippen LogP contribution in [0.15, 0.2) is 36.8 Å². The molecule has 10 heteroatoms. The number of aromatic nitrogens is 4. The molecule has 0 aliphatic carbocycles. The number of benzene rings is 1. The van der Waals surface area contributed by atoms with Crippen LogP contribution in [0.25, 0.3) is 11.1 Å². The van der Waals surface area contributed by atoms with Gasteiger partial charge in [-0.3, -0.25) is 4.68 Å². The summed E-state index contributed by atoms with van der Waals surface area (Å²) in [6.45, 7) is 3.56. The van der Waals surface area contributed by atoms with Crippen LogP contribution in [0.3, 0.4) is 0 Å². The van der Waals surface area contributed by atoms with E-state index < -0.39 is 23.5 Å². The van der Waals surface area contributed by atoms with Crippen LogP contribution in [0.1, 0.15) is 31.0 Å². The van der Waals surface area contributed by atoms with E-state index in [1.807, 2.05) is 19.1 Å². The second-order valence-electron chi connectivity index (χ2n) is 7.20. The van der Waals surface area contributed by atoms with Crippen molar-refractivity contribution >= 4 is 11.6 Å². The van der Waals surface area contributed by atoms with Crippen molar-refractivity contribution in [3.05, 3.63) is 53.9 Å². The molecule has 2 heterocycles. The zero-order chi connectivity index (χ0) is 21.9. The number of aryl methyl sites for hydroxylation is 1. The SMILES string of the molecule is Cc1cc(Nc2ncc(F)c(C(F)F)n2)cc(-c2cnn(C[C@@](C)(O)CC#N)c2)c1. The van der Waals surface area contributed by atoms with Gasteiger partial charge in [0.1, 0.15) is 5.69 Å². The number of nitrogens with one attached hydrogen (secondary N) is 1. The Balaban J connectivity index is 1.85. The lowest BCUT2D eigenvalue weighted by Crippen LogP contribution is -2.30. The summed E-state index contributed by atoms with van der Waals surface area (Å²) >= 11 is 0. The first-order valence-electron chi connectivity index (χ1n) is 8.98. The Labute approximate surface area is 170 Å². The van der Waals surface area contributed by atoms with Crippen molar-refractivity contribution in [2.75, 3.05) is 5.32 Å². The molecule has 0 unspecified atom stereocenters. The van der Waals surface area contributed by atoms with Crippen LogP contribution in [0.4, 0.5) is 24.8 Å². The van der Waals surface area contributed by atoms with E-state index in [0.29, 0.717) is 11.9 Å². The van der Waals surface area contributed by atoms with Crippen LogP contribution in [0.2, 0.25) is 0 Å². The Kier molecular flexibility index (Phi) is 6.03. The summed E-state index contributed by atoms with van der Waals surface area (Å²) in [6.07, 6.45) is 0.965. The number of nitriles is 1. The van der Waals surface area contributed by atoms with Gasteiger partial charge in [-0.1, -0.05) is 6.07 Å². The van der Waals surface area contributed by atoms with Crippen molar-refractivity contribution in [1.29, 1.82) is 5.26 Å². The molecule has 0 fully saturated rings. The lowest BCUT2D eigenvalue weighted by atomic mass is 10.0. The summed E-state index contributed by atoms with van der Waals surface area (Å²) in [6, 6.07) is 7.35. The first-order chi connectivity index (χ1) is 14.2. The minimum Gasteiger partial charge on any atom is -0.387 e. The Hall–Kier alpha value is -3.45. The number of anilines is 2. The van der Waals surface area contributed by atoms with Crippen LogP contribution in [0.5, 0.6) is 0 Å². The molecule has 0 saturated carbocycles. The lowest BCUT2D eigenvalue weighted by molar-refractivity contribution is 0.0430. The highest BCUT2D eigenvalue weighted by Gasteiger charge is 2.21. The quantitative estimate of drug-likeness (QED) is 0.601. The third kappa shape index (κ3) is 5.12. The summed E-state index contributed by atoms with van der Waals surface area (Å²) in [7, 11) is 0. The molecule has 0 radical (unpaired) electrons. The molecule has 1 atom stereocenters. The fraction of sp³-hybridized carbons (Fsp3) is 0.300. The summed E-state index contributed by atoms with van der Waals surface area (Å²) in [4.78, 5) is 7.25. The Morgan fingerprint density at radius 2 is 2.03 bits per heavy atom. The molecule has 30 heavy (non-hydrogen) atoms. The van der Waals surface area contributed by atoms with E-state index in [-0.39, 0.29) is 18.9 Å². The molecule has 0 spiro atoms. The second kappa shape index (κ2) is 8.51. The van der Waals surface area contributed by atoms with E-state index >= 15 is 0 Å². The number of halogens is 3. The van der Waals surface area contributed by atoms with Crippen molar-refractivity contribution in [2.45, 2.75) is 38.8 Å². The number of aliphatic hydroxyl groups is 1. The van der Waals surface area contributed by atoms with E-state index in [4.69, 9.17) is 5.26 Å². The van der Waals surface area contributed by atoms with Crippen molar-refractivity contribution in [1.82, 2.24) is 19.7 Å². The molecule has 156 valence electrons. The molecular weight excluding hydrogens is 397 g/mol. The molecule has 0 bridgehead atoms. The Bertz CT molecular complexity index is 1090. The minimum atomic E-state index is -3.05. The van der Waals surface area contributed by atoms with Gasteiger partial charge >= 0.3 is 0 Å². The van der Waals surface area contributed by atoms with Crippen molar-refractivity contribution in [3.8, 4) is 17.2 Å². The highest BCUT2D eigenvalue weighted by Crippen LogP contribution is 2.27. The Morgan fingerprint density at radius 1 is 1.27 bits per heavy atom. The predicted octanol–water partition coefficient (Wildman–Crippen LogP) is 4.13. The third-order valence-corrected chi connectivity index (χ3v) is 4.24. The van der Waals surface area contributed by atoms with E-state index in [2.05, 4.69) is 20.4 Å². The smallest absolute Gasteiger partial charge is 0.283 e. The number of rotatable bonds is 7. The maximum Gasteiger partial charge on any atom is 0.283 e. The number of nitrogens with zero attached hydrogens (tertiary/aromatic N) is 5. The number of hydrogen-bond donors (Lipinski definition) is 2. The molecule has 0 aliphatic heterocycles. The summed E-state index contributed by atoms with van der Waals surface area (Å²) in [5, 5.41) is 26.0. The van der Waals surface area contributed by atoms with Crippen molar-refractivity contribution in [2.24, 2.45) is 0 Å². The second-order valence-corrected chi connectivity index (χ2v) is 7.20. The molecule has 7 nitrogen and oxygen atoms in total. The van der Waals surface area contributed by atoms with E-state index in [0.717, 1.165) is 16.7 Å². The highest BCUT2D eigenvalue weighted by molar-refractivity contribution is 5.70. The van der Waals surface area contributed by atoms with Gasteiger partial charge in [-0.25, -0.2) is 23.1 Å². The monoisotopic (exact) mass is 416 g/mol.